The van der Waals surface area contributed by atoms with Gasteiger partial charge in [-0.1, -0.05) is 10.2 Å². The van der Waals surface area contributed by atoms with E-state index in [4.69, 9.17) is 0 Å². The van der Waals surface area contributed by atoms with E-state index in [-0.39, 0.29) is 0 Å². The average molecular weight is 543 g/mol. The van der Waals surface area contributed by atoms with Crippen LogP contribution in [0, 0.1) is 0 Å². The molecule has 0 radical (unpaired) electrons. The molecule has 0 fully saturated rings. The summed E-state index contributed by atoms with van der Waals surface area (Å²) >= 11 is 0. The van der Waals surface area contributed by atoms with Gasteiger partial charge in [-0.3, -0.25) is 0 Å². The van der Waals surface area contributed by atoms with Crippen LogP contribution >= 0.6 is 0 Å². The Labute approximate surface area is 237 Å². The Kier molecular flexibility index (Phi) is 9.77. The highest BCUT2D eigenvalue weighted by Gasteiger charge is 2.12. The summed E-state index contributed by atoms with van der Waals surface area (Å²) in [5, 5.41) is 17.6. The summed E-state index contributed by atoms with van der Waals surface area (Å²) in [4.78, 5) is 4.84. The maximum absolute atomic E-state index is 4.41. The standard InChI is InChI=1S/C30H42N10/c1-7-39(27-15-11-25(12-16-27)31-33-29-35(3)21-22-36(29)4)19-9-10-20-40(8-2)28-17-13-26(14-18-28)32-34-30-37(5)23-24-38(30)6/h11-18,21-24H,7-10,19-20H2,1-6H3/q+2. The molecule has 0 amide bonds. The van der Waals surface area contributed by atoms with Gasteiger partial charge in [-0.15, -0.1) is 0 Å². The fraction of sp³-hybridized carbons (Fsp3) is 0.400. The van der Waals surface area contributed by atoms with Crippen LogP contribution in [0.15, 0.2) is 93.8 Å². The lowest BCUT2D eigenvalue weighted by Gasteiger charge is -2.26. The van der Waals surface area contributed by atoms with Gasteiger partial charge in [0.05, 0.1) is 53.0 Å². The maximum atomic E-state index is 4.41. The third-order valence-corrected chi connectivity index (χ3v) is 7.10. The van der Waals surface area contributed by atoms with Gasteiger partial charge >= 0.3 is 11.9 Å². The number of aromatic nitrogens is 4. The molecule has 40 heavy (non-hydrogen) atoms. The number of aryl methyl sites for hydroxylation is 4. The van der Waals surface area contributed by atoms with Gasteiger partial charge in [-0.05, 0) is 75.2 Å². The van der Waals surface area contributed by atoms with Crippen molar-refractivity contribution in [2.45, 2.75) is 26.7 Å². The Morgan fingerprint density at radius 3 is 1.27 bits per heavy atom. The fourth-order valence-electron chi connectivity index (χ4n) is 4.66. The predicted octanol–water partition coefficient (Wildman–Crippen LogP) is 5.98. The number of hydrogen-bond acceptors (Lipinski definition) is 6. The largest absolute Gasteiger partial charge is 0.421 e. The second-order valence-electron chi connectivity index (χ2n) is 9.94. The molecule has 0 spiro atoms. The van der Waals surface area contributed by atoms with E-state index in [0.29, 0.717) is 0 Å². The first-order valence-corrected chi connectivity index (χ1v) is 13.9. The van der Waals surface area contributed by atoms with Gasteiger partial charge in [0.25, 0.3) is 0 Å². The minimum Gasteiger partial charge on any atom is -0.372 e. The first kappa shape index (κ1) is 28.7. The highest BCUT2D eigenvalue weighted by atomic mass is 15.3. The summed E-state index contributed by atoms with van der Waals surface area (Å²) < 4.78 is 7.80. The molecule has 0 saturated heterocycles. The number of unbranched alkanes of at least 4 members (excludes halogenated alkanes) is 1. The highest BCUT2D eigenvalue weighted by molar-refractivity contribution is 5.53. The minimum atomic E-state index is 0.805. The van der Waals surface area contributed by atoms with Crippen LogP contribution in [0.1, 0.15) is 26.7 Å². The van der Waals surface area contributed by atoms with Crippen molar-refractivity contribution in [2.75, 3.05) is 36.0 Å². The molecule has 2 aromatic heterocycles. The van der Waals surface area contributed by atoms with Crippen LogP contribution in [-0.4, -0.2) is 35.3 Å². The zero-order chi connectivity index (χ0) is 28.5. The quantitative estimate of drug-likeness (QED) is 0.118. The number of hydrogen-bond donors (Lipinski definition) is 0. The Hall–Kier alpha value is -4.34. The molecule has 0 aliphatic rings. The summed E-state index contributed by atoms with van der Waals surface area (Å²) in [5.74, 6) is 1.61. The molecule has 2 aromatic carbocycles. The van der Waals surface area contributed by atoms with Crippen LogP contribution in [-0.2, 0) is 28.2 Å². The van der Waals surface area contributed by atoms with Gasteiger partial charge < -0.3 is 9.80 Å². The number of imidazole rings is 2. The lowest BCUT2D eigenvalue weighted by atomic mass is 10.2. The normalized spacial score (nSPS) is 11.7. The molecule has 10 nitrogen and oxygen atoms in total. The van der Waals surface area contributed by atoms with Crippen molar-refractivity contribution < 1.29 is 9.13 Å². The Balaban J connectivity index is 1.26. The number of rotatable bonds is 13. The number of benzene rings is 2. The van der Waals surface area contributed by atoms with Gasteiger partial charge in [0.15, 0.2) is 0 Å². The molecule has 0 aliphatic heterocycles. The van der Waals surface area contributed by atoms with Crippen molar-refractivity contribution in [2.24, 2.45) is 48.6 Å². The van der Waals surface area contributed by atoms with Gasteiger partial charge in [0.2, 0.25) is 0 Å². The van der Waals surface area contributed by atoms with Gasteiger partial charge in [0, 0.05) is 47.8 Å². The molecular formula is C30H42N10+2. The molecular weight excluding hydrogens is 500 g/mol. The second-order valence-corrected chi connectivity index (χ2v) is 9.94. The van der Waals surface area contributed by atoms with E-state index in [1.165, 1.54) is 11.4 Å². The van der Waals surface area contributed by atoms with Gasteiger partial charge in [-0.25, -0.2) is 18.3 Å². The summed E-state index contributed by atoms with van der Waals surface area (Å²) in [6.45, 7) is 8.38. The van der Waals surface area contributed by atoms with Crippen LogP contribution in [0.2, 0.25) is 0 Å². The molecule has 0 unspecified atom stereocenters. The van der Waals surface area contributed by atoms with E-state index in [1.807, 2.05) is 95.5 Å². The molecule has 0 N–H and O–H groups in total. The third-order valence-electron chi connectivity index (χ3n) is 7.10. The van der Waals surface area contributed by atoms with E-state index in [0.717, 1.165) is 62.3 Å². The number of anilines is 2. The lowest BCUT2D eigenvalue weighted by molar-refractivity contribution is -0.657. The van der Waals surface area contributed by atoms with E-state index >= 15 is 0 Å². The van der Waals surface area contributed by atoms with Crippen molar-refractivity contribution >= 4 is 34.6 Å². The van der Waals surface area contributed by atoms with Crippen LogP contribution in [0.25, 0.3) is 0 Å². The molecule has 0 saturated carbocycles. The molecule has 210 valence electrons. The second kappa shape index (κ2) is 13.6. The predicted molar refractivity (Wildman–Crippen MR) is 159 cm³/mol. The van der Waals surface area contributed by atoms with E-state index in [9.17, 15) is 0 Å². The van der Waals surface area contributed by atoms with E-state index in [1.54, 1.807) is 0 Å². The monoisotopic (exact) mass is 542 g/mol. The average Bonchev–Trinajstić information content (AvgIpc) is 3.47. The topological polar surface area (TPSA) is 73.5 Å². The van der Waals surface area contributed by atoms with Crippen LogP contribution < -0.4 is 18.9 Å². The Bertz CT molecular complexity index is 1270. The number of azo groups is 2. The van der Waals surface area contributed by atoms with Crippen LogP contribution in [0.5, 0.6) is 0 Å². The first-order valence-electron chi connectivity index (χ1n) is 13.9. The zero-order valence-electron chi connectivity index (χ0n) is 24.6. The molecule has 2 heterocycles. The van der Waals surface area contributed by atoms with Crippen molar-refractivity contribution in [3.63, 3.8) is 0 Å². The first-order chi connectivity index (χ1) is 19.4. The minimum absolute atomic E-state index is 0.805. The van der Waals surface area contributed by atoms with E-state index < -0.39 is 0 Å². The fourth-order valence-corrected chi connectivity index (χ4v) is 4.66. The van der Waals surface area contributed by atoms with Crippen LogP contribution in [0.4, 0.5) is 34.6 Å². The summed E-state index contributed by atoms with van der Waals surface area (Å²) in [7, 11) is 7.86. The number of nitrogens with zero attached hydrogens (tertiary/aromatic N) is 10. The summed E-state index contributed by atoms with van der Waals surface area (Å²) in [6.07, 6.45) is 10.1. The molecule has 4 rings (SSSR count). The smallest absolute Gasteiger partial charge is 0.372 e. The lowest BCUT2D eigenvalue weighted by Crippen LogP contribution is -2.27. The Morgan fingerprint density at radius 1 is 0.600 bits per heavy atom. The molecule has 10 heteroatoms. The zero-order valence-corrected chi connectivity index (χ0v) is 24.6. The highest BCUT2D eigenvalue weighted by Crippen LogP contribution is 2.23. The van der Waals surface area contributed by atoms with Gasteiger partial charge in [-0.2, -0.15) is 0 Å². The van der Waals surface area contributed by atoms with Gasteiger partial charge in [0.1, 0.15) is 11.4 Å². The van der Waals surface area contributed by atoms with Crippen molar-refractivity contribution in [3.05, 3.63) is 73.3 Å². The van der Waals surface area contributed by atoms with Crippen molar-refractivity contribution in [1.82, 2.24) is 9.13 Å². The maximum Gasteiger partial charge on any atom is 0.421 e. The van der Waals surface area contributed by atoms with Crippen LogP contribution in [0.3, 0.4) is 0 Å². The Morgan fingerprint density at radius 2 is 0.975 bits per heavy atom. The molecule has 0 atom stereocenters. The van der Waals surface area contributed by atoms with Crippen molar-refractivity contribution in [1.29, 1.82) is 0 Å². The summed E-state index contributed by atoms with van der Waals surface area (Å²) in [5.41, 5.74) is 4.13. The van der Waals surface area contributed by atoms with E-state index in [2.05, 4.69) is 68.4 Å². The molecule has 4 aromatic rings. The molecule has 0 aliphatic carbocycles. The molecule has 0 bridgehead atoms. The third kappa shape index (κ3) is 7.19. The van der Waals surface area contributed by atoms with Crippen molar-refractivity contribution in [3.8, 4) is 0 Å². The summed E-state index contributed by atoms with van der Waals surface area (Å²) in [6, 6.07) is 16.7. The SMILES string of the molecule is CCN(CCCCN(CC)c1ccc(N=Nc2n(C)cc[n+]2C)cc1)c1ccc(N=Nc2n(C)cc[n+]2C)cc1.